The molecular formula is C36H29BrN2O6. The van der Waals surface area contributed by atoms with E-state index in [2.05, 4.69) is 20.8 Å². The number of phenols is 1. The van der Waals surface area contributed by atoms with Gasteiger partial charge < -0.3 is 14.7 Å². The van der Waals surface area contributed by atoms with Crippen LogP contribution in [0.15, 0.2) is 94.0 Å². The SMILES string of the molecule is O=C1C=C(Br)C(=O)C2=C1C(c1ccc3ccccc3c1O)C1=CCC3C(=O)N(c4ccc(N5CCOCC5)cc4)C(=O)C3C1C2. The zero-order chi connectivity index (χ0) is 31.0. The van der Waals surface area contributed by atoms with Gasteiger partial charge in [-0.15, -0.1) is 0 Å². The average molecular weight is 666 g/mol. The van der Waals surface area contributed by atoms with Crippen molar-refractivity contribution in [3.05, 3.63) is 99.6 Å². The lowest BCUT2D eigenvalue weighted by atomic mass is 9.59. The maximum absolute atomic E-state index is 14.3. The molecule has 2 heterocycles. The highest BCUT2D eigenvalue weighted by Crippen LogP contribution is 2.57. The van der Waals surface area contributed by atoms with Gasteiger partial charge in [0, 0.05) is 52.9 Å². The first kappa shape index (κ1) is 28.2. The van der Waals surface area contributed by atoms with Crippen molar-refractivity contribution < 1.29 is 29.0 Å². The summed E-state index contributed by atoms with van der Waals surface area (Å²) >= 11 is 3.27. The fraction of sp³-hybridized carbons (Fsp3) is 0.278. The Balaban J connectivity index is 1.20. The van der Waals surface area contributed by atoms with Gasteiger partial charge in [-0.2, -0.15) is 0 Å². The number of aromatic hydroxyl groups is 1. The normalized spacial score (nSPS) is 26.5. The second-order valence-corrected chi connectivity index (χ2v) is 13.1. The van der Waals surface area contributed by atoms with Crippen LogP contribution in [0.25, 0.3) is 10.8 Å². The van der Waals surface area contributed by atoms with Crippen molar-refractivity contribution in [2.75, 3.05) is 36.1 Å². The first-order valence-electron chi connectivity index (χ1n) is 15.2. The number of nitrogens with zero attached hydrogens (tertiary/aromatic N) is 2. The summed E-state index contributed by atoms with van der Waals surface area (Å²) in [5.74, 6) is -3.58. The fourth-order valence-corrected chi connectivity index (χ4v) is 8.40. The highest BCUT2D eigenvalue weighted by Gasteiger charge is 2.57. The number of Topliss-reactive ketones (excluding diaryl/α,β-unsaturated/α-hetero) is 1. The van der Waals surface area contributed by atoms with Crippen molar-refractivity contribution in [3.8, 4) is 5.75 Å². The number of hydrogen-bond acceptors (Lipinski definition) is 7. The Morgan fingerprint density at radius 2 is 1.58 bits per heavy atom. The van der Waals surface area contributed by atoms with Crippen LogP contribution in [0, 0.1) is 17.8 Å². The predicted molar refractivity (Wildman–Crippen MR) is 172 cm³/mol. The number of allylic oxidation sites excluding steroid dienone is 6. The molecule has 4 atom stereocenters. The molecule has 2 fully saturated rings. The molecule has 8 rings (SSSR count). The number of carbonyl (C=O) groups excluding carboxylic acids is 4. The van der Waals surface area contributed by atoms with Gasteiger partial charge in [-0.1, -0.05) is 48.0 Å². The summed E-state index contributed by atoms with van der Waals surface area (Å²) < 4.78 is 5.63. The number of rotatable bonds is 3. The highest BCUT2D eigenvalue weighted by atomic mass is 79.9. The van der Waals surface area contributed by atoms with Crippen LogP contribution < -0.4 is 9.80 Å². The standard InChI is InChI=1S/C36H29BrN2O6/c37-28-18-29(40)32-27(34(28)42)17-26-23(30(32)24-10-5-19-3-1-2-4-22(19)33(24)41)11-12-25-31(26)36(44)39(35(25)43)21-8-6-20(7-9-21)38-13-15-45-16-14-38/h1-11,18,25-26,30-31,41H,12-17H2. The highest BCUT2D eigenvalue weighted by molar-refractivity contribution is 9.12. The van der Waals surface area contributed by atoms with Crippen molar-refractivity contribution in [2.24, 2.45) is 17.8 Å². The molecule has 0 radical (unpaired) electrons. The van der Waals surface area contributed by atoms with Gasteiger partial charge in [0.05, 0.1) is 35.2 Å². The minimum atomic E-state index is -0.720. The van der Waals surface area contributed by atoms with E-state index in [1.165, 1.54) is 11.0 Å². The van der Waals surface area contributed by atoms with Crippen LogP contribution in [0.4, 0.5) is 11.4 Å². The second-order valence-electron chi connectivity index (χ2n) is 12.2. The number of phenolic OH excluding ortho intramolecular Hbond substituents is 1. The number of ketones is 2. The molecule has 2 saturated heterocycles. The van der Waals surface area contributed by atoms with Crippen molar-refractivity contribution in [3.63, 3.8) is 0 Å². The molecule has 0 spiro atoms. The molecule has 8 nitrogen and oxygen atoms in total. The van der Waals surface area contributed by atoms with Crippen molar-refractivity contribution in [1.82, 2.24) is 0 Å². The number of fused-ring (bicyclic) bond motifs is 4. The minimum absolute atomic E-state index is 0.0401. The number of halogens is 1. The summed E-state index contributed by atoms with van der Waals surface area (Å²) in [5.41, 5.74) is 3.51. The van der Waals surface area contributed by atoms with Gasteiger partial charge in [-0.05, 0) is 64.3 Å². The lowest BCUT2D eigenvalue weighted by Gasteiger charge is -2.42. The zero-order valence-electron chi connectivity index (χ0n) is 24.2. The minimum Gasteiger partial charge on any atom is -0.507 e. The first-order chi connectivity index (χ1) is 21.8. The number of morpholine rings is 1. The Morgan fingerprint density at radius 3 is 2.36 bits per heavy atom. The molecule has 45 heavy (non-hydrogen) atoms. The van der Waals surface area contributed by atoms with Gasteiger partial charge >= 0.3 is 0 Å². The van der Waals surface area contributed by atoms with Gasteiger partial charge in [-0.3, -0.25) is 24.1 Å². The zero-order valence-corrected chi connectivity index (χ0v) is 25.8. The van der Waals surface area contributed by atoms with Crippen LogP contribution in [-0.2, 0) is 23.9 Å². The molecule has 0 bridgehead atoms. The summed E-state index contributed by atoms with van der Waals surface area (Å²) in [7, 11) is 0. The maximum atomic E-state index is 14.3. The van der Waals surface area contributed by atoms with E-state index in [0.717, 1.165) is 29.7 Å². The number of benzene rings is 3. The van der Waals surface area contributed by atoms with Gasteiger partial charge in [0.15, 0.2) is 11.6 Å². The molecular weight excluding hydrogens is 636 g/mol. The Hall–Kier alpha value is -4.34. The topological polar surface area (TPSA) is 104 Å². The van der Waals surface area contributed by atoms with Crippen LogP contribution in [-0.4, -0.2) is 54.8 Å². The third-order valence-electron chi connectivity index (χ3n) is 10.1. The quantitative estimate of drug-likeness (QED) is 0.229. The van der Waals surface area contributed by atoms with E-state index in [-0.39, 0.29) is 40.0 Å². The molecule has 226 valence electrons. The van der Waals surface area contributed by atoms with Crippen molar-refractivity contribution in [1.29, 1.82) is 0 Å². The fourth-order valence-electron chi connectivity index (χ4n) is 7.96. The predicted octanol–water partition coefficient (Wildman–Crippen LogP) is 5.35. The van der Waals surface area contributed by atoms with Gasteiger partial charge in [-0.25, -0.2) is 0 Å². The third-order valence-corrected chi connectivity index (χ3v) is 10.6. The molecule has 2 aliphatic heterocycles. The van der Waals surface area contributed by atoms with Gasteiger partial charge in [0.25, 0.3) is 0 Å². The molecule has 0 saturated carbocycles. The van der Waals surface area contributed by atoms with E-state index in [4.69, 9.17) is 4.74 Å². The average Bonchev–Trinajstić information content (AvgIpc) is 3.33. The van der Waals surface area contributed by atoms with E-state index in [0.29, 0.717) is 47.4 Å². The number of imide groups is 1. The molecule has 3 aromatic carbocycles. The summed E-state index contributed by atoms with van der Waals surface area (Å²) in [6.45, 7) is 2.86. The summed E-state index contributed by atoms with van der Waals surface area (Å²) in [6.07, 6.45) is 3.77. The molecule has 5 aliphatic rings. The van der Waals surface area contributed by atoms with E-state index in [9.17, 15) is 24.3 Å². The molecule has 0 aromatic heterocycles. The van der Waals surface area contributed by atoms with Crippen LogP contribution in [0.3, 0.4) is 0 Å². The van der Waals surface area contributed by atoms with E-state index in [1.54, 1.807) is 6.07 Å². The van der Waals surface area contributed by atoms with Gasteiger partial charge in [0.1, 0.15) is 5.75 Å². The molecule has 1 N–H and O–H groups in total. The number of anilines is 2. The van der Waals surface area contributed by atoms with Crippen molar-refractivity contribution >= 4 is 61.5 Å². The maximum Gasteiger partial charge on any atom is 0.238 e. The summed E-state index contributed by atoms with van der Waals surface area (Å²) in [4.78, 5) is 58.8. The van der Waals surface area contributed by atoms with Crippen LogP contribution >= 0.6 is 15.9 Å². The van der Waals surface area contributed by atoms with E-state index in [1.807, 2.05) is 60.7 Å². The third kappa shape index (κ3) is 4.28. The Bertz CT molecular complexity index is 1920. The number of carbonyl (C=O) groups is 4. The Labute approximate surface area is 267 Å². The first-order valence-corrected chi connectivity index (χ1v) is 16.0. The van der Waals surface area contributed by atoms with Crippen molar-refractivity contribution in [2.45, 2.75) is 18.8 Å². The van der Waals surface area contributed by atoms with E-state index >= 15 is 0 Å². The lowest BCUT2D eigenvalue weighted by molar-refractivity contribution is -0.123. The molecule has 9 heteroatoms. The molecule has 3 aliphatic carbocycles. The second kappa shape index (κ2) is 10.6. The number of amides is 2. The monoisotopic (exact) mass is 664 g/mol. The van der Waals surface area contributed by atoms with Crippen LogP contribution in [0.1, 0.15) is 24.3 Å². The number of ether oxygens (including phenoxy) is 1. The van der Waals surface area contributed by atoms with Crippen LogP contribution in [0.5, 0.6) is 5.75 Å². The number of hydrogen-bond donors (Lipinski definition) is 1. The smallest absolute Gasteiger partial charge is 0.238 e. The van der Waals surface area contributed by atoms with Crippen LogP contribution in [0.2, 0.25) is 0 Å². The largest absolute Gasteiger partial charge is 0.507 e. The summed E-state index contributed by atoms with van der Waals surface area (Å²) in [6, 6.07) is 18.6. The van der Waals surface area contributed by atoms with Gasteiger partial charge in [0.2, 0.25) is 11.8 Å². The lowest BCUT2D eigenvalue weighted by Crippen LogP contribution is -2.39. The molecule has 3 aromatic rings. The molecule has 2 amide bonds. The summed E-state index contributed by atoms with van der Waals surface area (Å²) in [5, 5.41) is 13.0. The molecule has 4 unspecified atom stereocenters. The Kier molecular flexibility index (Phi) is 6.65. The van der Waals surface area contributed by atoms with E-state index < -0.39 is 23.7 Å². The Morgan fingerprint density at radius 1 is 0.844 bits per heavy atom.